The molecule has 0 bridgehead atoms. The lowest BCUT2D eigenvalue weighted by Gasteiger charge is -2.07. The first kappa shape index (κ1) is 20.0. The molecule has 1 aliphatic rings. The van der Waals surface area contributed by atoms with Gasteiger partial charge < -0.3 is 5.32 Å². The highest BCUT2D eigenvalue weighted by Crippen LogP contribution is 2.24. The molecule has 0 saturated heterocycles. The second kappa shape index (κ2) is 7.83. The number of rotatable bonds is 6. The van der Waals surface area contributed by atoms with Crippen molar-refractivity contribution in [1.82, 2.24) is 25.1 Å². The molecule has 8 nitrogen and oxygen atoms in total. The van der Waals surface area contributed by atoms with Gasteiger partial charge in [-0.1, -0.05) is 0 Å². The van der Waals surface area contributed by atoms with Crippen molar-refractivity contribution in [3.05, 3.63) is 71.6 Å². The zero-order valence-electron chi connectivity index (χ0n) is 16.6. The van der Waals surface area contributed by atoms with E-state index in [0.29, 0.717) is 17.7 Å². The first-order valence-electron chi connectivity index (χ1n) is 9.50. The molecule has 0 unspecified atom stereocenters. The Balaban J connectivity index is 1.41. The minimum absolute atomic E-state index is 0.0668. The quantitative estimate of drug-likeness (QED) is 0.652. The maximum atomic E-state index is 12.8. The number of fused-ring (bicyclic) bond motifs is 1. The smallest absolute Gasteiger partial charge is 0.247 e. The van der Waals surface area contributed by atoms with Crippen LogP contribution in [0.1, 0.15) is 36.7 Å². The third-order valence-corrected chi connectivity index (χ3v) is 6.60. The summed E-state index contributed by atoms with van der Waals surface area (Å²) in [6.45, 7) is 4.05. The number of hydrogen-bond donors (Lipinski definition) is 1. The lowest BCUT2D eigenvalue weighted by atomic mass is 10.1. The molecular weight excluding hydrogens is 402 g/mol. The Hall–Kier alpha value is -3.33. The zero-order valence-corrected chi connectivity index (χ0v) is 17.4. The minimum atomic E-state index is -3.69. The molecule has 9 heteroatoms. The molecule has 4 rings (SSSR count). The van der Waals surface area contributed by atoms with Gasteiger partial charge in [0.15, 0.2) is 0 Å². The number of amides is 1. The lowest BCUT2D eigenvalue weighted by Crippen LogP contribution is -2.25. The predicted octanol–water partition coefficient (Wildman–Crippen LogP) is 2.34. The first-order valence-corrected chi connectivity index (χ1v) is 11.0. The molecule has 1 aliphatic carbocycles. The van der Waals surface area contributed by atoms with E-state index >= 15 is 0 Å². The number of carbonyl (C=O) groups excluding carboxylic acids is 1. The van der Waals surface area contributed by atoms with Crippen LogP contribution in [0.4, 0.5) is 0 Å². The van der Waals surface area contributed by atoms with E-state index in [-0.39, 0.29) is 28.3 Å². The van der Waals surface area contributed by atoms with Crippen molar-refractivity contribution >= 4 is 21.8 Å². The van der Waals surface area contributed by atoms with E-state index in [1.54, 1.807) is 23.1 Å². The highest BCUT2D eigenvalue weighted by atomic mass is 32.2. The van der Waals surface area contributed by atoms with E-state index in [1.807, 2.05) is 26.0 Å². The molecule has 0 aromatic carbocycles. The molecule has 0 fully saturated rings. The van der Waals surface area contributed by atoms with Crippen molar-refractivity contribution in [1.29, 1.82) is 0 Å². The summed E-state index contributed by atoms with van der Waals surface area (Å²) in [7, 11) is -3.69. The van der Waals surface area contributed by atoms with Gasteiger partial charge >= 0.3 is 0 Å². The molecule has 1 amide bonds. The number of sulfone groups is 1. The topological polar surface area (TPSA) is 107 Å². The fourth-order valence-corrected chi connectivity index (χ4v) is 4.30. The molecule has 0 radical (unpaired) electrons. The van der Waals surface area contributed by atoms with Gasteiger partial charge in [0.2, 0.25) is 15.7 Å². The van der Waals surface area contributed by atoms with Gasteiger partial charge in [0.1, 0.15) is 4.90 Å². The molecule has 0 atom stereocenters. The van der Waals surface area contributed by atoms with E-state index in [0.717, 1.165) is 11.1 Å². The summed E-state index contributed by atoms with van der Waals surface area (Å²) in [5, 5.41) is 6.92. The molecule has 30 heavy (non-hydrogen) atoms. The molecule has 3 heterocycles. The standard InChI is InChI=1S/C21H21N5O3S/c1-14(2)26-13-20(12-25-26)30(28,29)19-4-3-18(23-11-19)10-24-21(27)16-7-15-5-6-22-9-17(15)8-16/h3-6,8-9,11-14H,7,10H2,1-2H3,(H,24,27). The Bertz CT molecular complexity index is 1230. The molecule has 3 aromatic heterocycles. The van der Waals surface area contributed by atoms with Gasteiger partial charge in [0.05, 0.1) is 23.3 Å². The summed E-state index contributed by atoms with van der Waals surface area (Å²) in [6.07, 6.45) is 10.0. The SMILES string of the molecule is CC(C)n1cc(S(=O)(=O)c2ccc(CNC(=O)C3=Cc4cnccc4C3)nc2)cn1. The van der Waals surface area contributed by atoms with Gasteiger partial charge in [-0.3, -0.25) is 19.4 Å². The van der Waals surface area contributed by atoms with Crippen LogP contribution in [0.15, 0.2) is 64.5 Å². The third-order valence-electron chi connectivity index (χ3n) is 4.90. The number of pyridine rings is 2. The van der Waals surface area contributed by atoms with Crippen LogP contribution >= 0.6 is 0 Å². The van der Waals surface area contributed by atoms with Crippen LogP contribution in [0, 0.1) is 0 Å². The average molecular weight is 423 g/mol. The summed E-state index contributed by atoms with van der Waals surface area (Å²) < 4.78 is 27.1. The van der Waals surface area contributed by atoms with Gasteiger partial charge in [-0.05, 0) is 49.2 Å². The fraction of sp³-hybridized carbons (Fsp3) is 0.238. The summed E-state index contributed by atoms with van der Waals surface area (Å²) in [5.41, 5.74) is 3.26. The Labute approximate surface area is 174 Å². The number of aromatic nitrogens is 4. The molecule has 0 saturated carbocycles. The molecule has 0 spiro atoms. The molecular formula is C21H21N5O3S. The summed E-state index contributed by atoms with van der Waals surface area (Å²) in [6, 6.07) is 5.06. The van der Waals surface area contributed by atoms with Crippen LogP contribution in [0.5, 0.6) is 0 Å². The first-order chi connectivity index (χ1) is 14.3. The van der Waals surface area contributed by atoms with E-state index in [9.17, 15) is 13.2 Å². The third kappa shape index (κ3) is 3.88. The van der Waals surface area contributed by atoms with Crippen molar-refractivity contribution in [3.63, 3.8) is 0 Å². The number of nitrogens with zero attached hydrogens (tertiary/aromatic N) is 4. The van der Waals surface area contributed by atoms with Gasteiger partial charge in [0, 0.05) is 42.8 Å². The highest BCUT2D eigenvalue weighted by molar-refractivity contribution is 7.91. The van der Waals surface area contributed by atoms with E-state index in [4.69, 9.17) is 0 Å². The zero-order chi connectivity index (χ0) is 21.3. The van der Waals surface area contributed by atoms with Gasteiger partial charge in [-0.2, -0.15) is 5.10 Å². The second-order valence-electron chi connectivity index (χ2n) is 7.34. The molecule has 1 N–H and O–H groups in total. The van der Waals surface area contributed by atoms with Crippen LogP contribution in [0.3, 0.4) is 0 Å². The highest BCUT2D eigenvalue weighted by Gasteiger charge is 2.21. The van der Waals surface area contributed by atoms with Crippen molar-refractivity contribution < 1.29 is 13.2 Å². The Morgan fingerprint density at radius 1 is 1.17 bits per heavy atom. The predicted molar refractivity (Wildman–Crippen MR) is 110 cm³/mol. The minimum Gasteiger partial charge on any atom is -0.347 e. The van der Waals surface area contributed by atoms with Crippen LogP contribution < -0.4 is 5.32 Å². The monoisotopic (exact) mass is 423 g/mol. The largest absolute Gasteiger partial charge is 0.347 e. The van der Waals surface area contributed by atoms with E-state index < -0.39 is 9.84 Å². The molecule has 0 aliphatic heterocycles. The van der Waals surface area contributed by atoms with Gasteiger partial charge in [0.25, 0.3) is 0 Å². The lowest BCUT2D eigenvalue weighted by molar-refractivity contribution is -0.117. The summed E-state index contributed by atoms with van der Waals surface area (Å²) in [4.78, 5) is 20.9. The van der Waals surface area contributed by atoms with Crippen LogP contribution in [-0.4, -0.2) is 34.1 Å². The number of carbonyl (C=O) groups is 1. The summed E-state index contributed by atoms with van der Waals surface area (Å²) in [5.74, 6) is -0.175. The number of nitrogens with one attached hydrogen (secondary N) is 1. The summed E-state index contributed by atoms with van der Waals surface area (Å²) >= 11 is 0. The Kier molecular flexibility index (Phi) is 5.21. The Morgan fingerprint density at radius 3 is 2.67 bits per heavy atom. The van der Waals surface area contributed by atoms with Gasteiger partial charge in [-0.25, -0.2) is 8.42 Å². The fourth-order valence-electron chi connectivity index (χ4n) is 3.15. The van der Waals surface area contributed by atoms with Crippen molar-refractivity contribution in [2.45, 2.75) is 42.6 Å². The Morgan fingerprint density at radius 2 is 2.00 bits per heavy atom. The number of hydrogen-bond acceptors (Lipinski definition) is 6. The van der Waals surface area contributed by atoms with Crippen LogP contribution in [0.2, 0.25) is 0 Å². The second-order valence-corrected chi connectivity index (χ2v) is 9.29. The van der Waals surface area contributed by atoms with Crippen molar-refractivity contribution in [2.75, 3.05) is 0 Å². The van der Waals surface area contributed by atoms with E-state index in [1.165, 1.54) is 24.7 Å². The van der Waals surface area contributed by atoms with Crippen molar-refractivity contribution in [3.8, 4) is 0 Å². The van der Waals surface area contributed by atoms with Crippen LogP contribution in [0.25, 0.3) is 6.08 Å². The average Bonchev–Trinajstić information content (AvgIpc) is 3.40. The normalized spacial score (nSPS) is 13.2. The van der Waals surface area contributed by atoms with Gasteiger partial charge in [-0.15, -0.1) is 0 Å². The van der Waals surface area contributed by atoms with Crippen molar-refractivity contribution in [2.24, 2.45) is 0 Å². The maximum absolute atomic E-state index is 12.8. The maximum Gasteiger partial charge on any atom is 0.247 e. The molecule has 3 aromatic rings. The van der Waals surface area contributed by atoms with Crippen LogP contribution in [-0.2, 0) is 27.6 Å². The molecule has 154 valence electrons. The van der Waals surface area contributed by atoms with E-state index in [2.05, 4.69) is 20.4 Å².